The largest absolute Gasteiger partial charge is 0.361 e. The standard InChI is InChI=1S/C17H19N3OS/c1-11-12(2)22-17(20-11)7-8-18-16(21)9-13-10-19-15-6-4-3-5-14(13)15/h3-6,10,19H,7-9H2,1-2H3,(H,18,21). The highest BCUT2D eigenvalue weighted by Gasteiger charge is 2.09. The molecule has 2 heterocycles. The second-order valence-electron chi connectivity index (χ2n) is 5.39. The maximum atomic E-state index is 12.1. The predicted octanol–water partition coefficient (Wildman–Crippen LogP) is 3.14. The normalized spacial score (nSPS) is 11.0. The van der Waals surface area contributed by atoms with Crippen LogP contribution in [0.15, 0.2) is 30.5 Å². The summed E-state index contributed by atoms with van der Waals surface area (Å²) in [6, 6.07) is 8.03. The second-order valence-corrected chi connectivity index (χ2v) is 6.67. The number of carbonyl (C=O) groups is 1. The van der Waals surface area contributed by atoms with Crippen LogP contribution in [0.1, 0.15) is 21.1 Å². The van der Waals surface area contributed by atoms with Gasteiger partial charge in [0.1, 0.15) is 0 Å². The third-order valence-electron chi connectivity index (χ3n) is 3.76. The number of aromatic amines is 1. The van der Waals surface area contributed by atoms with E-state index in [0.29, 0.717) is 13.0 Å². The molecule has 0 fully saturated rings. The van der Waals surface area contributed by atoms with Gasteiger partial charge in [-0.25, -0.2) is 4.98 Å². The highest BCUT2D eigenvalue weighted by atomic mass is 32.1. The molecule has 3 aromatic rings. The van der Waals surface area contributed by atoms with Gasteiger partial charge in [0, 0.05) is 34.9 Å². The van der Waals surface area contributed by atoms with Gasteiger partial charge in [0.05, 0.1) is 17.1 Å². The lowest BCUT2D eigenvalue weighted by atomic mass is 10.1. The maximum absolute atomic E-state index is 12.1. The summed E-state index contributed by atoms with van der Waals surface area (Å²) in [5.41, 5.74) is 3.19. The van der Waals surface area contributed by atoms with E-state index in [4.69, 9.17) is 0 Å². The molecule has 0 bridgehead atoms. The van der Waals surface area contributed by atoms with Crippen LogP contribution in [0, 0.1) is 13.8 Å². The minimum absolute atomic E-state index is 0.0507. The molecule has 1 amide bonds. The summed E-state index contributed by atoms with van der Waals surface area (Å²) < 4.78 is 0. The number of para-hydroxylation sites is 1. The Hall–Kier alpha value is -2.14. The van der Waals surface area contributed by atoms with E-state index in [2.05, 4.69) is 22.2 Å². The van der Waals surface area contributed by atoms with E-state index in [-0.39, 0.29) is 5.91 Å². The second kappa shape index (κ2) is 6.32. The number of hydrogen-bond acceptors (Lipinski definition) is 3. The number of hydrogen-bond donors (Lipinski definition) is 2. The molecular formula is C17H19N3OS. The summed E-state index contributed by atoms with van der Waals surface area (Å²) >= 11 is 1.71. The minimum Gasteiger partial charge on any atom is -0.361 e. The first-order valence-electron chi connectivity index (χ1n) is 7.38. The Morgan fingerprint density at radius 1 is 1.32 bits per heavy atom. The summed E-state index contributed by atoms with van der Waals surface area (Å²) in [6.07, 6.45) is 3.11. The van der Waals surface area contributed by atoms with Crippen molar-refractivity contribution >= 4 is 28.1 Å². The number of nitrogens with zero attached hydrogens (tertiary/aromatic N) is 1. The maximum Gasteiger partial charge on any atom is 0.224 e. The number of aryl methyl sites for hydroxylation is 2. The average Bonchev–Trinajstić information content (AvgIpc) is 3.04. The third-order valence-corrected chi connectivity index (χ3v) is 4.89. The molecular weight excluding hydrogens is 294 g/mol. The Kier molecular flexibility index (Phi) is 4.24. The summed E-state index contributed by atoms with van der Waals surface area (Å²) in [5, 5.41) is 5.18. The van der Waals surface area contributed by atoms with Gasteiger partial charge in [-0.1, -0.05) is 18.2 Å². The van der Waals surface area contributed by atoms with Gasteiger partial charge in [-0.2, -0.15) is 0 Å². The zero-order valence-electron chi connectivity index (χ0n) is 12.8. The third kappa shape index (κ3) is 3.20. The van der Waals surface area contributed by atoms with Crippen molar-refractivity contribution in [2.45, 2.75) is 26.7 Å². The Balaban J connectivity index is 1.54. The number of aromatic nitrogens is 2. The molecule has 0 radical (unpaired) electrons. The highest BCUT2D eigenvalue weighted by molar-refractivity contribution is 7.11. The van der Waals surface area contributed by atoms with Crippen LogP contribution in [0.25, 0.3) is 10.9 Å². The lowest BCUT2D eigenvalue weighted by Crippen LogP contribution is -2.27. The van der Waals surface area contributed by atoms with Crippen molar-refractivity contribution in [1.29, 1.82) is 0 Å². The number of nitrogens with one attached hydrogen (secondary N) is 2. The quantitative estimate of drug-likeness (QED) is 0.760. The molecule has 2 aromatic heterocycles. The van der Waals surface area contributed by atoms with Crippen LogP contribution in [0.5, 0.6) is 0 Å². The van der Waals surface area contributed by atoms with Crippen LogP contribution < -0.4 is 5.32 Å². The Morgan fingerprint density at radius 2 is 2.14 bits per heavy atom. The van der Waals surface area contributed by atoms with Crippen molar-refractivity contribution in [3.63, 3.8) is 0 Å². The van der Waals surface area contributed by atoms with Gasteiger partial charge >= 0.3 is 0 Å². The number of carbonyl (C=O) groups excluding carboxylic acids is 1. The van der Waals surface area contributed by atoms with Crippen molar-refractivity contribution in [1.82, 2.24) is 15.3 Å². The van der Waals surface area contributed by atoms with Gasteiger partial charge in [0.15, 0.2) is 0 Å². The van der Waals surface area contributed by atoms with E-state index < -0.39 is 0 Å². The number of benzene rings is 1. The fraction of sp³-hybridized carbons (Fsp3) is 0.294. The van der Waals surface area contributed by atoms with E-state index >= 15 is 0 Å². The van der Waals surface area contributed by atoms with Gasteiger partial charge < -0.3 is 10.3 Å². The van der Waals surface area contributed by atoms with E-state index in [1.54, 1.807) is 11.3 Å². The van der Waals surface area contributed by atoms with Crippen LogP contribution in [0.3, 0.4) is 0 Å². The number of H-pyrrole nitrogens is 1. The molecule has 22 heavy (non-hydrogen) atoms. The molecule has 2 N–H and O–H groups in total. The van der Waals surface area contributed by atoms with Crippen molar-refractivity contribution < 1.29 is 4.79 Å². The minimum atomic E-state index is 0.0507. The van der Waals surface area contributed by atoms with Crippen molar-refractivity contribution in [2.75, 3.05) is 6.54 Å². The fourth-order valence-electron chi connectivity index (χ4n) is 2.47. The SMILES string of the molecule is Cc1nc(CCNC(=O)Cc2c[nH]c3ccccc23)sc1C. The Bertz CT molecular complexity index is 784. The van der Waals surface area contributed by atoms with Gasteiger partial charge in [-0.05, 0) is 25.5 Å². The summed E-state index contributed by atoms with van der Waals surface area (Å²) in [4.78, 5) is 21.0. The Labute approximate surface area is 133 Å². The molecule has 0 aliphatic heterocycles. The molecule has 1 aromatic carbocycles. The first kappa shape index (κ1) is 14.8. The molecule has 0 spiro atoms. The number of amides is 1. The number of fused-ring (bicyclic) bond motifs is 1. The molecule has 0 aliphatic carbocycles. The summed E-state index contributed by atoms with van der Waals surface area (Å²) in [6.45, 7) is 4.73. The fourth-order valence-corrected chi connectivity index (χ4v) is 3.40. The molecule has 0 unspecified atom stereocenters. The zero-order valence-corrected chi connectivity index (χ0v) is 13.6. The lowest BCUT2D eigenvalue weighted by Gasteiger charge is -2.03. The molecule has 4 nitrogen and oxygen atoms in total. The van der Waals surface area contributed by atoms with E-state index in [1.807, 2.05) is 37.4 Å². The summed E-state index contributed by atoms with van der Waals surface area (Å²) in [7, 11) is 0. The Morgan fingerprint density at radius 3 is 2.91 bits per heavy atom. The van der Waals surface area contributed by atoms with E-state index in [1.165, 1.54) is 4.88 Å². The van der Waals surface area contributed by atoms with Crippen LogP contribution >= 0.6 is 11.3 Å². The highest BCUT2D eigenvalue weighted by Crippen LogP contribution is 2.18. The monoisotopic (exact) mass is 313 g/mol. The first-order chi connectivity index (χ1) is 10.6. The van der Waals surface area contributed by atoms with Crippen LogP contribution in [-0.2, 0) is 17.6 Å². The van der Waals surface area contributed by atoms with Crippen LogP contribution in [0.4, 0.5) is 0 Å². The van der Waals surface area contributed by atoms with Crippen LogP contribution in [0.2, 0.25) is 0 Å². The molecule has 114 valence electrons. The number of rotatable bonds is 5. The van der Waals surface area contributed by atoms with Gasteiger partial charge in [-0.3, -0.25) is 4.79 Å². The number of thiazole rings is 1. The average molecular weight is 313 g/mol. The molecule has 0 saturated carbocycles. The van der Waals surface area contributed by atoms with Gasteiger partial charge in [0.2, 0.25) is 5.91 Å². The van der Waals surface area contributed by atoms with Crippen molar-refractivity contribution in [3.05, 3.63) is 51.6 Å². The molecule has 0 atom stereocenters. The van der Waals surface area contributed by atoms with E-state index in [9.17, 15) is 4.79 Å². The first-order valence-corrected chi connectivity index (χ1v) is 8.19. The lowest BCUT2D eigenvalue weighted by molar-refractivity contribution is -0.120. The predicted molar refractivity (Wildman–Crippen MR) is 90.3 cm³/mol. The molecule has 5 heteroatoms. The van der Waals surface area contributed by atoms with E-state index in [0.717, 1.165) is 33.6 Å². The van der Waals surface area contributed by atoms with Crippen LogP contribution in [-0.4, -0.2) is 22.4 Å². The summed E-state index contributed by atoms with van der Waals surface area (Å²) in [5.74, 6) is 0.0507. The molecule has 0 aliphatic rings. The van der Waals surface area contributed by atoms with Gasteiger partial charge in [-0.15, -0.1) is 11.3 Å². The molecule has 3 rings (SSSR count). The van der Waals surface area contributed by atoms with Crippen molar-refractivity contribution in [2.24, 2.45) is 0 Å². The zero-order chi connectivity index (χ0) is 15.5. The topological polar surface area (TPSA) is 57.8 Å². The van der Waals surface area contributed by atoms with Crippen molar-refractivity contribution in [3.8, 4) is 0 Å². The van der Waals surface area contributed by atoms with Gasteiger partial charge in [0.25, 0.3) is 0 Å². The molecule has 0 saturated heterocycles. The smallest absolute Gasteiger partial charge is 0.224 e.